The lowest BCUT2D eigenvalue weighted by molar-refractivity contribution is 0.0695. The molecule has 0 aliphatic heterocycles. The molecule has 0 fully saturated rings. The van der Waals surface area contributed by atoms with Gasteiger partial charge in [-0.3, -0.25) is 0 Å². The van der Waals surface area contributed by atoms with E-state index in [9.17, 15) is 9.90 Å². The van der Waals surface area contributed by atoms with Crippen LogP contribution in [-0.4, -0.2) is 16.2 Å². The van der Waals surface area contributed by atoms with Gasteiger partial charge in [-0.15, -0.1) is 0 Å². The van der Waals surface area contributed by atoms with Gasteiger partial charge in [0.2, 0.25) is 0 Å². The first-order valence-corrected chi connectivity index (χ1v) is 5.71. The average Bonchev–Trinajstić information content (AvgIpc) is 2.25. The van der Waals surface area contributed by atoms with Gasteiger partial charge in [-0.25, -0.2) is 4.79 Å². The normalized spacial score (nSPS) is 10.3. The molecular formula is C13H18O3. The molecule has 1 rings (SSSR count). The number of carboxylic acids is 1. The van der Waals surface area contributed by atoms with Crippen molar-refractivity contribution in [2.75, 3.05) is 0 Å². The Balaban J connectivity index is 2.73. The summed E-state index contributed by atoms with van der Waals surface area (Å²) >= 11 is 0. The van der Waals surface area contributed by atoms with Gasteiger partial charge in [0.25, 0.3) is 0 Å². The minimum absolute atomic E-state index is 0.0939. The van der Waals surface area contributed by atoms with Crippen molar-refractivity contribution in [3.8, 4) is 5.75 Å². The highest BCUT2D eigenvalue weighted by Gasteiger charge is 2.12. The third-order valence-corrected chi connectivity index (χ3v) is 2.66. The molecule has 0 aliphatic carbocycles. The third kappa shape index (κ3) is 3.26. The molecule has 0 radical (unpaired) electrons. The molecule has 0 saturated heterocycles. The van der Waals surface area contributed by atoms with E-state index in [0.717, 1.165) is 25.7 Å². The van der Waals surface area contributed by atoms with E-state index in [1.54, 1.807) is 12.1 Å². The van der Waals surface area contributed by atoms with Crippen LogP contribution >= 0.6 is 0 Å². The Bertz CT molecular complexity index is 358. The fourth-order valence-electron chi connectivity index (χ4n) is 1.77. The lowest BCUT2D eigenvalue weighted by Crippen LogP contribution is -2.02. The number of carboxylic acid groups (broad SMARTS) is 1. The number of phenolic OH excluding ortho intramolecular Hbond substituents is 1. The molecule has 0 atom stereocenters. The molecule has 0 unspecified atom stereocenters. The molecule has 1 aromatic rings. The van der Waals surface area contributed by atoms with Crippen LogP contribution in [0.3, 0.4) is 0 Å². The summed E-state index contributed by atoms with van der Waals surface area (Å²) in [4.78, 5) is 11.0. The van der Waals surface area contributed by atoms with E-state index >= 15 is 0 Å². The molecule has 16 heavy (non-hydrogen) atoms. The first-order chi connectivity index (χ1) is 7.66. The fourth-order valence-corrected chi connectivity index (χ4v) is 1.77. The van der Waals surface area contributed by atoms with E-state index in [0.29, 0.717) is 12.0 Å². The van der Waals surface area contributed by atoms with Crippen LogP contribution < -0.4 is 0 Å². The van der Waals surface area contributed by atoms with Gasteiger partial charge in [0.05, 0.1) is 5.56 Å². The number of phenols is 1. The van der Waals surface area contributed by atoms with Crippen LogP contribution in [0.15, 0.2) is 18.2 Å². The van der Waals surface area contributed by atoms with Gasteiger partial charge in [0.1, 0.15) is 5.75 Å². The van der Waals surface area contributed by atoms with Gasteiger partial charge in [-0.1, -0.05) is 32.3 Å². The van der Waals surface area contributed by atoms with E-state index in [2.05, 4.69) is 6.92 Å². The molecule has 0 aliphatic rings. The number of unbranched alkanes of at least 4 members (excludes halogenated alkanes) is 3. The summed E-state index contributed by atoms with van der Waals surface area (Å²) in [7, 11) is 0. The topological polar surface area (TPSA) is 57.5 Å². The number of rotatable bonds is 6. The number of hydrogen-bond acceptors (Lipinski definition) is 2. The van der Waals surface area contributed by atoms with Crippen molar-refractivity contribution in [1.82, 2.24) is 0 Å². The number of carbonyl (C=O) groups is 1. The van der Waals surface area contributed by atoms with Crippen LogP contribution in [0.2, 0.25) is 0 Å². The van der Waals surface area contributed by atoms with Crippen molar-refractivity contribution in [3.05, 3.63) is 29.3 Å². The minimum atomic E-state index is -0.971. The quantitative estimate of drug-likeness (QED) is 0.726. The maximum atomic E-state index is 11.0. The summed E-state index contributed by atoms with van der Waals surface area (Å²) < 4.78 is 0. The summed E-state index contributed by atoms with van der Waals surface area (Å²) in [6, 6.07) is 4.65. The maximum Gasteiger partial charge on any atom is 0.336 e. The second-order valence-corrected chi connectivity index (χ2v) is 3.92. The highest BCUT2D eigenvalue weighted by atomic mass is 16.4. The van der Waals surface area contributed by atoms with Crippen LogP contribution in [0.1, 0.15) is 48.5 Å². The van der Waals surface area contributed by atoms with Gasteiger partial charge in [-0.05, 0) is 25.0 Å². The molecule has 0 saturated carbocycles. The molecule has 0 bridgehead atoms. The SMILES string of the molecule is CCCCCCc1c(O)cccc1C(=O)O. The van der Waals surface area contributed by atoms with Gasteiger partial charge in [-0.2, -0.15) is 0 Å². The van der Waals surface area contributed by atoms with Crippen molar-refractivity contribution in [2.45, 2.75) is 39.0 Å². The van der Waals surface area contributed by atoms with Crippen LogP contribution in [-0.2, 0) is 6.42 Å². The zero-order valence-corrected chi connectivity index (χ0v) is 9.57. The fraction of sp³-hybridized carbons (Fsp3) is 0.462. The Morgan fingerprint density at radius 1 is 1.25 bits per heavy atom. The third-order valence-electron chi connectivity index (χ3n) is 2.66. The molecule has 2 N–H and O–H groups in total. The molecular weight excluding hydrogens is 204 g/mol. The summed E-state index contributed by atoms with van der Waals surface area (Å²) in [5, 5.41) is 18.6. The Labute approximate surface area is 95.7 Å². The van der Waals surface area contributed by atoms with Gasteiger partial charge in [0, 0.05) is 5.56 Å². The number of aromatic carboxylic acids is 1. The molecule has 1 aromatic carbocycles. The molecule has 0 aromatic heterocycles. The summed E-state index contributed by atoms with van der Waals surface area (Å²) in [5.74, 6) is -0.877. The first-order valence-electron chi connectivity index (χ1n) is 5.71. The van der Waals surface area contributed by atoms with E-state index in [-0.39, 0.29) is 11.3 Å². The first kappa shape index (κ1) is 12.6. The van der Waals surface area contributed by atoms with Gasteiger partial charge >= 0.3 is 5.97 Å². The van der Waals surface area contributed by atoms with Crippen LogP contribution in [0.5, 0.6) is 5.75 Å². The molecule has 3 heteroatoms. The predicted molar refractivity (Wildman–Crippen MR) is 62.9 cm³/mol. The van der Waals surface area contributed by atoms with Gasteiger partial charge < -0.3 is 10.2 Å². The average molecular weight is 222 g/mol. The van der Waals surface area contributed by atoms with E-state index in [1.165, 1.54) is 6.07 Å². The lowest BCUT2D eigenvalue weighted by Gasteiger charge is -2.07. The highest BCUT2D eigenvalue weighted by Crippen LogP contribution is 2.23. The van der Waals surface area contributed by atoms with Crippen molar-refractivity contribution in [3.63, 3.8) is 0 Å². The van der Waals surface area contributed by atoms with E-state index in [4.69, 9.17) is 5.11 Å². The number of benzene rings is 1. The second kappa shape index (κ2) is 6.16. The monoisotopic (exact) mass is 222 g/mol. The maximum absolute atomic E-state index is 11.0. The Kier molecular flexibility index (Phi) is 4.83. The molecule has 0 spiro atoms. The molecule has 0 heterocycles. The van der Waals surface area contributed by atoms with Crippen molar-refractivity contribution in [2.24, 2.45) is 0 Å². The zero-order valence-electron chi connectivity index (χ0n) is 9.57. The van der Waals surface area contributed by atoms with Crippen LogP contribution in [0.4, 0.5) is 0 Å². The molecule has 0 amide bonds. The Hall–Kier alpha value is -1.51. The van der Waals surface area contributed by atoms with E-state index < -0.39 is 5.97 Å². The van der Waals surface area contributed by atoms with Crippen LogP contribution in [0, 0.1) is 0 Å². The zero-order chi connectivity index (χ0) is 12.0. The Morgan fingerprint density at radius 3 is 2.62 bits per heavy atom. The summed E-state index contributed by atoms with van der Waals surface area (Å²) in [6.07, 6.45) is 4.92. The number of aromatic hydroxyl groups is 1. The van der Waals surface area contributed by atoms with Gasteiger partial charge in [0.15, 0.2) is 0 Å². The Morgan fingerprint density at radius 2 is 2.00 bits per heavy atom. The van der Waals surface area contributed by atoms with Crippen molar-refractivity contribution in [1.29, 1.82) is 0 Å². The summed E-state index contributed by atoms with van der Waals surface area (Å²) in [6.45, 7) is 2.13. The van der Waals surface area contributed by atoms with Crippen molar-refractivity contribution < 1.29 is 15.0 Å². The predicted octanol–water partition coefficient (Wildman–Crippen LogP) is 3.21. The minimum Gasteiger partial charge on any atom is -0.508 e. The molecule has 88 valence electrons. The number of hydrogen-bond donors (Lipinski definition) is 2. The standard InChI is InChI=1S/C13H18O3/c1-2-3-4-5-7-10-11(13(15)16)8-6-9-12(10)14/h6,8-9,14H,2-5,7H2,1H3,(H,15,16). The largest absolute Gasteiger partial charge is 0.508 e. The van der Waals surface area contributed by atoms with E-state index in [1.807, 2.05) is 0 Å². The summed E-state index contributed by atoms with van der Waals surface area (Å²) in [5.41, 5.74) is 0.780. The second-order valence-electron chi connectivity index (χ2n) is 3.92. The van der Waals surface area contributed by atoms with Crippen molar-refractivity contribution >= 4 is 5.97 Å². The van der Waals surface area contributed by atoms with Crippen LogP contribution in [0.25, 0.3) is 0 Å². The smallest absolute Gasteiger partial charge is 0.336 e. The molecule has 3 nitrogen and oxygen atoms in total. The highest BCUT2D eigenvalue weighted by molar-refractivity contribution is 5.90. The lowest BCUT2D eigenvalue weighted by atomic mass is 10.00.